The van der Waals surface area contributed by atoms with Gasteiger partial charge in [0, 0.05) is 21.4 Å². The van der Waals surface area contributed by atoms with Crippen molar-refractivity contribution in [2.75, 3.05) is 24.8 Å². The summed E-state index contributed by atoms with van der Waals surface area (Å²) in [6.45, 7) is 2.15. The van der Waals surface area contributed by atoms with Gasteiger partial charge in [-0.3, -0.25) is 14.2 Å². The number of aromatic nitrogens is 3. The first kappa shape index (κ1) is 28.8. The lowest BCUT2D eigenvalue weighted by atomic mass is 10.2. The summed E-state index contributed by atoms with van der Waals surface area (Å²) in [5.41, 5.74) is 2.22. The number of ether oxygens (including phenoxy) is 2. The molecule has 4 aromatic rings. The van der Waals surface area contributed by atoms with E-state index in [0.29, 0.717) is 33.5 Å². The molecule has 0 saturated heterocycles. The highest BCUT2D eigenvalue weighted by atomic mass is 79.9. The highest BCUT2D eigenvalue weighted by Crippen LogP contribution is 2.24. The van der Waals surface area contributed by atoms with Crippen LogP contribution in [0.3, 0.4) is 0 Å². The molecule has 0 aliphatic rings. The number of thioether (sulfide) groups is 1. The summed E-state index contributed by atoms with van der Waals surface area (Å²) in [5, 5.41) is 14.7. The van der Waals surface area contributed by atoms with Gasteiger partial charge in [-0.2, -0.15) is 0 Å². The van der Waals surface area contributed by atoms with E-state index < -0.39 is 5.97 Å². The number of anilines is 1. The number of benzene rings is 3. The van der Waals surface area contributed by atoms with Crippen molar-refractivity contribution in [3.63, 3.8) is 0 Å². The fourth-order valence-corrected chi connectivity index (χ4v) is 4.63. The predicted octanol–water partition coefficient (Wildman–Crippen LogP) is 4.88. The molecule has 12 heteroatoms. The molecule has 10 nitrogen and oxygen atoms in total. The lowest BCUT2D eigenvalue weighted by Crippen LogP contribution is -2.24. The number of carbonyl (C=O) groups excluding carboxylic acids is 3. The fourth-order valence-electron chi connectivity index (χ4n) is 3.59. The molecule has 1 aromatic heterocycles. The summed E-state index contributed by atoms with van der Waals surface area (Å²) in [7, 11) is 1.56. The van der Waals surface area contributed by atoms with E-state index >= 15 is 0 Å². The zero-order chi connectivity index (χ0) is 28.5. The standard InChI is InChI=1S/C28H26BrN5O5S/c1-3-39-27(37)19-4-10-21(11-5-19)31-25(35)17-40-28-33-32-24(34(28)22-12-8-20(29)9-13-22)16-30-26(36)18-6-14-23(38-2)15-7-18/h4-15H,3,16-17H2,1-2H3,(H,30,36)(H,31,35). The zero-order valence-electron chi connectivity index (χ0n) is 21.7. The summed E-state index contributed by atoms with van der Waals surface area (Å²) in [6.07, 6.45) is 0. The van der Waals surface area contributed by atoms with Gasteiger partial charge in [0.25, 0.3) is 5.91 Å². The molecular formula is C28H26BrN5O5S. The van der Waals surface area contributed by atoms with Gasteiger partial charge < -0.3 is 20.1 Å². The molecule has 2 amide bonds. The number of methoxy groups -OCH3 is 1. The van der Waals surface area contributed by atoms with Crippen molar-refractivity contribution in [1.29, 1.82) is 0 Å². The summed E-state index contributed by atoms with van der Waals surface area (Å²) in [4.78, 5) is 37.2. The van der Waals surface area contributed by atoms with Gasteiger partial charge in [0.15, 0.2) is 11.0 Å². The van der Waals surface area contributed by atoms with Crippen LogP contribution in [0.4, 0.5) is 5.69 Å². The van der Waals surface area contributed by atoms with E-state index in [1.165, 1.54) is 11.8 Å². The molecule has 0 radical (unpaired) electrons. The van der Waals surface area contributed by atoms with Crippen molar-refractivity contribution < 1.29 is 23.9 Å². The Kier molecular flexibility index (Phi) is 9.92. The Morgan fingerprint density at radius 1 is 0.925 bits per heavy atom. The number of hydrogen-bond acceptors (Lipinski definition) is 8. The molecule has 0 bridgehead atoms. The van der Waals surface area contributed by atoms with Crippen molar-refractivity contribution in [3.05, 3.63) is 94.2 Å². The van der Waals surface area contributed by atoms with Gasteiger partial charge in [0.05, 0.1) is 31.6 Å². The Labute approximate surface area is 243 Å². The van der Waals surface area contributed by atoms with Gasteiger partial charge in [0.1, 0.15) is 5.75 Å². The first-order valence-corrected chi connectivity index (χ1v) is 14.0. The molecule has 40 heavy (non-hydrogen) atoms. The van der Waals surface area contributed by atoms with Crippen molar-refractivity contribution in [2.45, 2.75) is 18.6 Å². The van der Waals surface area contributed by atoms with Gasteiger partial charge in [-0.15, -0.1) is 10.2 Å². The minimum Gasteiger partial charge on any atom is -0.497 e. The van der Waals surface area contributed by atoms with Crippen molar-refractivity contribution in [2.24, 2.45) is 0 Å². The van der Waals surface area contributed by atoms with Crippen molar-refractivity contribution in [1.82, 2.24) is 20.1 Å². The van der Waals surface area contributed by atoms with Gasteiger partial charge in [-0.1, -0.05) is 27.7 Å². The average Bonchev–Trinajstić information content (AvgIpc) is 3.38. The van der Waals surface area contributed by atoms with Crippen LogP contribution in [0, 0.1) is 0 Å². The lowest BCUT2D eigenvalue weighted by molar-refractivity contribution is -0.113. The van der Waals surface area contributed by atoms with Crippen LogP contribution in [0.25, 0.3) is 5.69 Å². The van der Waals surface area contributed by atoms with Crippen LogP contribution >= 0.6 is 27.7 Å². The second-order valence-corrected chi connectivity index (χ2v) is 10.1. The first-order valence-electron chi connectivity index (χ1n) is 12.2. The third-order valence-corrected chi connectivity index (χ3v) is 7.01. The number of hydrogen-bond donors (Lipinski definition) is 2. The van der Waals surface area contributed by atoms with Crippen LogP contribution in [0.15, 0.2) is 82.4 Å². The number of amides is 2. The molecule has 0 spiro atoms. The zero-order valence-corrected chi connectivity index (χ0v) is 24.1. The predicted molar refractivity (Wildman–Crippen MR) is 155 cm³/mol. The van der Waals surface area contributed by atoms with E-state index in [9.17, 15) is 14.4 Å². The topological polar surface area (TPSA) is 124 Å². The lowest BCUT2D eigenvalue weighted by Gasteiger charge is -2.12. The Balaban J connectivity index is 1.44. The van der Waals surface area contributed by atoms with Gasteiger partial charge in [-0.25, -0.2) is 4.79 Å². The molecule has 0 aliphatic carbocycles. The first-order chi connectivity index (χ1) is 19.4. The van der Waals surface area contributed by atoms with Crippen LogP contribution in [0.5, 0.6) is 5.75 Å². The van der Waals surface area contributed by atoms with E-state index in [0.717, 1.165) is 10.2 Å². The molecular weight excluding hydrogens is 598 g/mol. The number of rotatable bonds is 11. The summed E-state index contributed by atoms with van der Waals surface area (Å²) < 4.78 is 12.8. The Morgan fingerprint density at radius 2 is 1.60 bits per heavy atom. The van der Waals surface area contributed by atoms with Crippen LogP contribution in [0.2, 0.25) is 0 Å². The van der Waals surface area contributed by atoms with E-state index in [1.54, 1.807) is 67.1 Å². The third-order valence-electron chi connectivity index (χ3n) is 5.56. The quantitative estimate of drug-likeness (QED) is 0.179. The monoisotopic (exact) mass is 623 g/mol. The maximum atomic E-state index is 12.7. The highest BCUT2D eigenvalue weighted by Gasteiger charge is 2.17. The number of carbonyl (C=O) groups is 3. The summed E-state index contributed by atoms with van der Waals surface area (Å²) >= 11 is 4.65. The molecule has 3 aromatic carbocycles. The molecule has 0 aliphatic heterocycles. The second kappa shape index (κ2) is 13.8. The maximum Gasteiger partial charge on any atom is 0.338 e. The highest BCUT2D eigenvalue weighted by molar-refractivity contribution is 9.10. The van der Waals surface area contributed by atoms with Crippen LogP contribution < -0.4 is 15.4 Å². The molecule has 1 heterocycles. The van der Waals surface area contributed by atoms with Crippen molar-refractivity contribution in [3.8, 4) is 11.4 Å². The van der Waals surface area contributed by atoms with E-state index in [-0.39, 0.29) is 30.7 Å². The molecule has 4 rings (SSSR count). The summed E-state index contributed by atoms with van der Waals surface area (Å²) in [5.74, 6) is 0.280. The number of halogens is 1. The summed E-state index contributed by atoms with van der Waals surface area (Å²) in [6, 6.07) is 20.8. The van der Waals surface area contributed by atoms with E-state index in [2.05, 4.69) is 36.8 Å². The number of nitrogens with zero attached hydrogens (tertiary/aromatic N) is 3. The molecule has 206 valence electrons. The van der Waals surface area contributed by atoms with Gasteiger partial charge >= 0.3 is 5.97 Å². The van der Waals surface area contributed by atoms with E-state index in [4.69, 9.17) is 9.47 Å². The maximum absolute atomic E-state index is 12.7. The fraction of sp³-hybridized carbons (Fsp3) is 0.179. The number of nitrogens with one attached hydrogen (secondary N) is 2. The normalized spacial score (nSPS) is 10.6. The average molecular weight is 625 g/mol. The van der Waals surface area contributed by atoms with E-state index in [1.807, 2.05) is 24.3 Å². The number of esters is 1. The molecule has 0 saturated carbocycles. The molecule has 0 fully saturated rings. The van der Waals surface area contributed by atoms with Crippen LogP contribution in [-0.2, 0) is 16.1 Å². The minimum absolute atomic E-state index is 0.0620. The molecule has 2 N–H and O–H groups in total. The minimum atomic E-state index is -0.417. The smallest absolute Gasteiger partial charge is 0.338 e. The Hall–Kier alpha value is -4.16. The second-order valence-electron chi connectivity index (χ2n) is 8.26. The van der Waals surface area contributed by atoms with Gasteiger partial charge in [-0.05, 0) is 79.7 Å². The SMILES string of the molecule is CCOC(=O)c1ccc(NC(=O)CSc2nnc(CNC(=O)c3ccc(OC)cc3)n2-c2ccc(Br)cc2)cc1. The molecule has 0 atom stereocenters. The Bertz CT molecular complexity index is 1470. The van der Waals surface area contributed by atoms with Gasteiger partial charge in [0.2, 0.25) is 5.91 Å². The van der Waals surface area contributed by atoms with Crippen molar-refractivity contribution >= 4 is 51.2 Å². The van der Waals surface area contributed by atoms with Crippen LogP contribution in [-0.4, -0.2) is 52.0 Å². The third kappa shape index (κ3) is 7.48. The largest absolute Gasteiger partial charge is 0.497 e. The molecule has 0 unspecified atom stereocenters. The Morgan fingerprint density at radius 3 is 2.25 bits per heavy atom. The van der Waals surface area contributed by atoms with Crippen LogP contribution in [0.1, 0.15) is 33.5 Å².